The molecule has 0 spiro atoms. The SMILES string of the molecule is C=CCC1(O)CN(C(=O)c2ccc(F)c(F)c2Nc2ccc(C)cc2F)C1. The number of amides is 1. The average Bonchev–Trinajstić information content (AvgIpc) is 2.58. The van der Waals surface area contributed by atoms with Crippen LogP contribution >= 0.6 is 0 Å². The van der Waals surface area contributed by atoms with Crippen LogP contribution in [0.2, 0.25) is 0 Å². The fraction of sp³-hybridized carbons (Fsp3) is 0.250. The molecule has 0 saturated carbocycles. The van der Waals surface area contributed by atoms with Crippen molar-refractivity contribution in [2.45, 2.75) is 18.9 Å². The van der Waals surface area contributed by atoms with Crippen LogP contribution in [0.3, 0.4) is 0 Å². The molecule has 27 heavy (non-hydrogen) atoms. The minimum atomic E-state index is -1.28. The van der Waals surface area contributed by atoms with E-state index >= 15 is 0 Å². The van der Waals surface area contributed by atoms with Crippen molar-refractivity contribution in [2.75, 3.05) is 18.4 Å². The molecule has 2 N–H and O–H groups in total. The maximum Gasteiger partial charge on any atom is 0.256 e. The van der Waals surface area contributed by atoms with Crippen LogP contribution in [0.1, 0.15) is 22.3 Å². The van der Waals surface area contributed by atoms with Crippen LogP contribution in [-0.2, 0) is 0 Å². The highest BCUT2D eigenvalue weighted by atomic mass is 19.2. The van der Waals surface area contributed by atoms with Crippen molar-refractivity contribution in [3.8, 4) is 0 Å². The summed E-state index contributed by atoms with van der Waals surface area (Å²) in [5.74, 6) is -3.67. The largest absolute Gasteiger partial charge is 0.386 e. The van der Waals surface area contributed by atoms with Crippen LogP contribution < -0.4 is 5.32 Å². The molecule has 3 rings (SSSR count). The van der Waals surface area contributed by atoms with Crippen LogP contribution in [0.4, 0.5) is 24.5 Å². The first-order valence-electron chi connectivity index (χ1n) is 8.38. The number of rotatable bonds is 5. The highest BCUT2D eigenvalue weighted by Crippen LogP contribution is 2.32. The fourth-order valence-corrected chi connectivity index (χ4v) is 3.08. The Balaban J connectivity index is 1.91. The lowest BCUT2D eigenvalue weighted by molar-refractivity contribution is -0.0781. The van der Waals surface area contributed by atoms with Gasteiger partial charge in [-0.3, -0.25) is 4.79 Å². The van der Waals surface area contributed by atoms with Crippen molar-refractivity contribution < 1.29 is 23.1 Å². The molecule has 0 atom stereocenters. The Bertz CT molecular complexity index is 908. The van der Waals surface area contributed by atoms with Gasteiger partial charge in [-0.1, -0.05) is 12.1 Å². The predicted octanol–water partition coefficient (Wildman–Crippen LogP) is 3.92. The van der Waals surface area contributed by atoms with Crippen LogP contribution in [0.5, 0.6) is 0 Å². The Morgan fingerprint density at radius 1 is 1.26 bits per heavy atom. The lowest BCUT2D eigenvalue weighted by Crippen LogP contribution is -2.63. The van der Waals surface area contributed by atoms with Crippen molar-refractivity contribution in [2.24, 2.45) is 0 Å². The first-order chi connectivity index (χ1) is 12.7. The molecule has 142 valence electrons. The molecule has 1 aliphatic heterocycles. The van der Waals surface area contributed by atoms with E-state index in [4.69, 9.17) is 0 Å². The number of carbonyl (C=O) groups excluding carboxylic acids is 1. The number of halogens is 3. The fourth-order valence-electron chi connectivity index (χ4n) is 3.08. The summed E-state index contributed by atoms with van der Waals surface area (Å²) >= 11 is 0. The van der Waals surface area contributed by atoms with Crippen molar-refractivity contribution in [1.29, 1.82) is 0 Å². The zero-order valence-electron chi connectivity index (χ0n) is 14.7. The number of benzene rings is 2. The summed E-state index contributed by atoms with van der Waals surface area (Å²) in [7, 11) is 0. The second-order valence-electron chi connectivity index (χ2n) is 6.77. The third-order valence-corrected chi connectivity index (χ3v) is 4.49. The van der Waals surface area contributed by atoms with Crippen LogP contribution in [-0.4, -0.2) is 34.6 Å². The molecular weight excluding hydrogens is 357 g/mol. The van der Waals surface area contributed by atoms with E-state index < -0.39 is 34.6 Å². The Labute approximate surface area is 154 Å². The van der Waals surface area contributed by atoms with Gasteiger partial charge in [-0.2, -0.15) is 0 Å². The third-order valence-electron chi connectivity index (χ3n) is 4.49. The second kappa shape index (κ2) is 7.08. The molecule has 2 aromatic rings. The van der Waals surface area contributed by atoms with Crippen LogP contribution in [0.15, 0.2) is 43.0 Å². The molecule has 1 heterocycles. The van der Waals surface area contributed by atoms with Gasteiger partial charge in [-0.05, 0) is 43.2 Å². The molecule has 0 aromatic heterocycles. The zero-order valence-corrected chi connectivity index (χ0v) is 14.7. The highest BCUT2D eigenvalue weighted by molar-refractivity contribution is 6.01. The summed E-state index contributed by atoms with van der Waals surface area (Å²) < 4.78 is 42.2. The monoisotopic (exact) mass is 376 g/mol. The Morgan fingerprint density at radius 3 is 2.59 bits per heavy atom. The number of aliphatic hydroxyl groups is 1. The maximum absolute atomic E-state index is 14.4. The minimum absolute atomic E-state index is 0.0508. The lowest BCUT2D eigenvalue weighted by atomic mass is 9.89. The number of likely N-dealkylation sites (tertiary alicyclic amines) is 1. The highest BCUT2D eigenvalue weighted by Gasteiger charge is 2.43. The molecule has 0 bridgehead atoms. The first-order valence-corrected chi connectivity index (χ1v) is 8.38. The molecular formula is C20H19F3N2O2. The van der Waals surface area contributed by atoms with Gasteiger partial charge in [-0.25, -0.2) is 13.2 Å². The molecule has 1 fully saturated rings. The first kappa shape index (κ1) is 19.0. The number of nitrogens with zero attached hydrogens (tertiary/aromatic N) is 1. The van der Waals surface area contributed by atoms with Crippen molar-refractivity contribution in [3.05, 3.63) is 71.6 Å². The summed E-state index contributed by atoms with van der Waals surface area (Å²) in [6.45, 7) is 5.35. The van der Waals surface area contributed by atoms with Gasteiger partial charge in [0.1, 0.15) is 11.4 Å². The number of hydrogen-bond donors (Lipinski definition) is 2. The summed E-state index contributed by atoms with van der Waals surface area (Å²) in [6.07, 6.45) is 1.86. The van der Waals surface area contributed by atoms with E-state index in [0.717, 1.165) is 12.1 Å². The van der Waals surface area contributed by atoms with Gasteiger partial charge < -0.3 is 15.3 Å². The standard InChI is InChI=1S/C20H19F3N2O2/c1-3-8-20(27)10-25(11-20)19(26)13-5-6-14(21)17(23)18(13)24-16-7-4-12(2)9-15(16)22/h3-7,9,24,27H,1,8,10-11H2,2H3. The van der Waals surface area contributed by atoms with Crippen LogP contribution in [0, 0.1) is 24.4 Å². The summed E-state index contributed by atoms with van der Waals surface area (Å²) in [6, 6.07) is 6.21. The Kier molecular flexibility index (Phi) is 4.97. The van der Waals surface area contributed by atoms with E-state index in [-0.39, 0.29) is 24.3 Å². The number of nitrogens with one attached hydrogen (secondary N) is 1. The molecule has 0 unspecified atom stereocenters. The number of anilines is 2. The molecule has 1 amide bonds. The van der Waals surface area contributed by atoms with Gasteiger partial charge in [0.2, 0.25) is 0 Å². The summed E-state index contributed by atoms with van der Waals surface area (Å²) in [4.78, 5) is 14.0. The number of β-amino-alcohol motifs (C(OH)–C–C–N with tert-alkyl or cyclic N) is 1. The maximum atomic E-state index is 14.4. The van der Waals surface area contributed by atoms with E-state index in [0.29, 0.717) is 12.0 Å². The molecule has 2 aromatic carbocycles. The van der Waals surface area contributed by atoms with Gasteiger partial charge in [0, 0.05) is 0 Å². The molecule has 0 aliphatic carbocycles. The minimum Gasteiger partial charge on any atom is -0.386 e. The molecule has 1 aliphatic rings. The van der Waals surface area contributed by atoms with E-state index in [1.165, 1.54) is 17.0 Å². The predicted molar refractivity (Wildman–Crippen MR) is 96.4 cm³/mol. The van der Waals surface area contributed by atoms with Crippen molar-refractivity contribution in [1.82, 2.24) is 4.90 Å². The molecule has 4 nitrogen and oxygen atoms in total. The van der Waals surface area contributed by atoms with E-state index in [1.54, 1.807) is 19.1 Å². The van der Waals surface area contributed by atoms with Gasteiger partial charge >= 0.3 is 0 Å². The normalized spacial score (nSPS) is 15.2. The van der Waals surface area contributed by atoms with Gasteiger partial charge in [0.15, 0.2) is 11.6 Å². The van der Waals surface area contributed by atoms with Gasteiger partial charge in [-0.15, -0.1) is 6.58 Å². The van der Waals surface area contributed by atoms with E-state index in [2.05, 4.69) is 11.9 Å². The topological polar surface area (TPSA) is 52.6 Å². The quantitative estimate of drug-likeness (QED) is 0.778. The van der Waals surface area contributed by atoms with Crippen molar-refractivity contribution in [3.63, 3.8) is 0 Å². The average molecular weight is 376 g/mol. The number of aryl methyl sites for hydroxylation is 1. The molecule has 0 radical (unpaired) electrons. The summed E-state index contributed by atoms with van der Waals surface area (Å²) in [5, 5.41) is 12.7. The second-order valence-corrected chi connectivity index (χ2v) is 6.77. The van der Waals surface area contributed by atoms with Gasteiger partial charge in [0.05, 0.1) is 30.0 Å². The molecule has 1 saturated heterocycles. The molecule has 7 heteroatoms. The smallest absolute Gasteiger partial charge is 0.256 e. The zero-order chi connectivity index (χ0) is 19.8. The third kappa shape index (κ3) is 3.68. The number of carbonyl (C=O) groups is 1. The van der Waals surface area contributed by atoms with E-state index in [1.807, 2.05) is 0 Å². The van der Waals surface area contributed by atoms with Gasteiger partial charge in [0.25, 0.3) is 5.91 Å². The van der Waals surface area contributed by atoms with E-state index in [9.17, 15) is 23.1 Å². The summed E-state index contributed by atoms with van der Waals surface area (Å²) in [5.41, 5.74) is -1.06. The lowest BCUT2D eigenvalue weighted by Gasteiger charge is -2.46. The Morgan fingerprint density at radius 2 is 1.96 bits per heavy atom. The van der Waals surface area contributed by atoms with Crippen molar-refractivity contribution >= 4 is 17.3 Å². The number of hydrogen-bond acceptors (Lipinski definition) is 3. The Hall–Kier alpha value is -2.80. The van der Waals surface area contributed by atoms with Crippen LogP contribution in [0.25, 0.3) is 0 Å².